The number of rotatable bonds is 2. The number of carbonyl (C=O) groups excluding carboxylic acids is 1. The zero-order valence-electron chi connectivity index (χ0n) is 11.7. The summed E-state index contributed by atoms with van der Waals surface area (Å²) < 4.78 is 1.56. The molecule has 1 aromatic heterocycles. The van der Waals surface area contributed by atoms with Crippen molar-refractivity contribution < 1.29 is 4.79 Å². The van der Waals surface area contributed by atoms with Crippen LogP contribution in [0.3, 0.4) is 0 Å². The van der Waals surface area contributed by atoms with E-state index in [2.05, 4.69) is 5.10 Å². The monoisotopic (exact) mass is 284 g/mol. The number of carbonyl (C=O) groups is 1. The van der Waals surface area contributed by atoms with E-state index >= 15 is 0 Å². The van der Waals surface area contributed by atoms with Crippen molar-refractivity contribution in [1.82, 2.24) is 14.7 Å². The number of nitrogens with zero attached hydrogens (tertiary/aromatic N) is 3. The lowest BCUT2D eigenvalue weighted by atomic mass is 10.0. The summed E-state index contributed by atoms with van der Waals surface area (Å²) in [6.45, 7) is 5.37. The van der Waals surface area contributed by atoms with E-state index in [1.165, 1.54) is 0 Å². The molecular formula is C13H21ClN4O. The van der Waals surface area contributed by atoms with Gasteiger partial charge in [0, 0.05) is 26.2 Å². The molecule has 1 atom stereocenters. The highest BCUT2D eigenvalue weighted by Gasteiger charge is 2.29. The van der Waals surface area contributed by atoms with Crippen LogP contribution in [0.15, 0.2) is 0 Å². The minimum atomic E-state index is -0.0445. The molecule has 2 N–H and O–H groups in total. The third kappa shape index (κ3) is 2.77. The molecular weight excluding hydrogens is 264 g/mol. The maximum Gasteiger partial charge on any atom is 0.258 e. The van der Waals surface area contributed by atoms with Crippen molar-refractivity contribution in [3.05, 3.63) is 16.4 Å². The molecule has 1 aromatic rings. The third-order valence-corrected chi connectivity index (χ3v) is 3.94. The van der Waals surface area contributed by atoms with Crippen LogP contribution in [0.1, 0.15) is 48.7 Å². The first kappa shape index (κ1) is 14.3. The Hall–Kier alpha value is -1.07. The van der Waals surface area contributed by atoms with Crippen molar-refractivity contribution >= 4 is 17.5 Å². The molecule has 0 radical (unpaired) electrons. The summed E-state index contributed by atoms with van der Waals surface area (Å²) in [5, 5.41) is 4.76. The quantitative estimate of drug-likeness (QED) is 0.900. The lowest BCUT2D eigenvalue weighted by molar-refractivity contribution is 0.0707. The fourth-order valence-electron chi connectivity index (χ4n) is 2.48. The minimum absolute atomic E-state index is 0.0445. The Morgan fingerprint density at radius 1 is 1.53 bits per heavy atom. The molecule has 0 spiro atoms. The molecule has 2 rings (SSSR count). The molecule has 1 fully saturated rings. The molecule has 0 unspecified atom stereocenters. The van der Waals surface area contributed by atoms with Gasteiger partial charge in [0.05, 0.1) is 11.3 Å². The molecule has 6 heteroatoms. The van der Waals surface area contributed by atoms with Gasteiger partial charge in [-0.05, 0) is 18.8 Å². The smallest absolute Gasteiger partial charge is 0.258 e. The van der Waals surface area contributed by atoms with Crippen LogP contribution in [-0.4, -0.2) is 39.7 Å². The minimum Gasteiger partial charge on any atom is -0.337 e. The molecule has 0 aliphatic carbocycles. The van der Waals surface area contributed by atoms with Gasteiger partial charge >= 0.3 is 0 Å². The van der Waals surface area contributed by atoms with Gasteiger partial charge in [0.2, 0.25) is 0 Å². The van der Waals surface area contributed by atoms with Gasteiger partial charge in [0.15, 0.2) is 0 Å². The van der Waals surface area contributed by atoms with Crippen molar-refractivity contribution in [2.75, 3.05) is 13.1 Å². The standard InChI is InChI=1S/C13H21ClN4O/c1-8(2)11-10(12(14)17(3)16-11)13(19)18-6-4-5-9(15)7-18/h8-9H,4-7,15H2,1-3H3/t9-/m1/s1. The molecule has 0 saturated carbocycles. The maximum atomic E-state index is 12.6. The second-order valence-electron chi connectivity index (χ2n) is 5.48. The van der Waals surface area contributed by atoms with Crippen LogP contribution in [0.5, 0.6) is 0 Å². The number of amides is 1. The van der Waals surface area contributed by atoms with Crippen LogP contribution in [-0.2, 0) is 7.05 Å². The topological polar surface area (TPSA) is 64.2 Å². The summed E-state index contributed by atoms with van der Waals surface area (Å²) in [5.74, 6) is 0.119. The van der Waals surface area contributed by atoms with Gasteiger partial charge in [0.1, 0.15) is 5.15 Å². The molecule has 0 aromatic carbocycles. The molecule has 5 nitrogen and oxygen atoms in total. The molecule has 19 heavy (non-hydrogen) atoms. The van der Waals surface area contributed by atoms with Crippen LogP contribution in [0.2, 0.25) is 5.15 Å². The fourth-order valence-corrected chi connectivity index (χ4v) is 2.69. The number of likely N-dealkylation sites (tertiary alicyclic amines) is 1. The average molecular weight is 285 g/mol. The second kappa shape index (κ2) is 5.51. The molecule has 1 aliphatic rings. The van der Waals surface area contributed by atoms with Crippen molar-refractivity contribution in [3.63, 3.8) is 0 Å². The molecule has 106 valence electrons. The molecule has 2 heterocycles. The van der Waals surface area contributed by atoms with Crippen molar-refractivity contribution in [2.45, 2.75) is 38.6 Å². The van der Waals surface area contributed by atoms with Crippen LogP contribution in [0.4, 0.5) is 0 Å². The lowest BCUT2D eigenvalue weighted by Crippen LogP contribution is -2.45. The number of hydrogen-bond donors (Lipinski definition) is 1. The zero-order chi connectivity index (χ0) is 14.2. The first-order valence-electron chi connectivity index (χ1n) is 6.69. The number of hydrogen-bond acceptors (Lipinski definition) is 3. The van der Waals surface area contributed by atoms with E-state index in [0.29, 0.717) is 17.3 Å². The number of piperidine rings is 1. The number of halogens is 1. The average Bonchev–Trinajstić information content (AvgIpc) is 2.65. The Morgan fingerprint density at radius 2 is 2.21 bits per heavy atom. The Labute approximate surface area is 118 Å². The van der Waals surface area contributed by atoms with Crippen molar-refractivity contribution in [3.8, 4) is 0 Å². The summed E-state index contributed by atoms with van der Waals surface area (Å²) in [4.78, 5) is 14.4. The zero-order valence-corrected chi connectivity index (χ0v) is 12.4. The Kier molecular flexibility index (Phi) is 4.16. The summed E-state index contributed by atoms with van der Waals surface area (Å²) in [6, 6.07) is 0.0654. The van der Waals surface area contributed by atoms with Gasteiger partial charge < -0.3 is 10.6 Å². The van der Waals surface area contributed by atoms with E-state index in [1.807, 2.05) is 13.8 Å². The van der Waals surface area contributed by atoms with E-state index in [0.717, 1.165) is 25.1 Å². The summed E-state index contributed by atoms with van der Waals surface area (Å²) in [5.41, 5.74) is 7.23. The van der Waals surface area contributed by atoms with E-state index in [1.54, 1.807) is 16.6 Å². The largest absolute Gasteiger partial charge is 0.337 e. The van der Waals surface area contributed by atoms with E-state index in [9.17, 15) is 4.79 Å². The van der Waals surface area contributed by atoms with Gasteiger partial charge in [-0.15, -0.1) is 0 Å². The molecule has 1 aliphatic heterocycles. The van der Waals surface area contributed by atoms with E-state index < -0.39 is 0 Å². The van der Waals surface area contributed by atoms with Gasteiger partial charge in [-0.25, -0.2) is 0 Å². The van der Waals surface area contributed by atoms with Gasteiger partial charge in [0.25, 0.3) is 5.91 Å². The van der Waals surface area contributed by atoms with Crippen molar-refractivity contribution in [1.29, 1.82) is 0 Å². The highest BCUT2D eigenvalue weighted by molar-refractivity contribution is 6.33. The SMILES string of the molecule is CC(C)c1nn(C)c(Cl)c1C(=O)N1CCC[C@@H](N)C1. The normalized spacial score (nSPS) is 20.1. The molecule has 0 bridgehead atoms. The van der Waals surface area contributed by atoms with E-state index in [-0.39, 0.29) is 17.9 Å². The number of aryl methyl sites for hydroxylation is 1. The fraction of sp³-hybridized carbons (Fsp3) is 0.692. The maximum absolute atomic E-state index is 12.6. The van der Waals surface area contributed by atoms with Crippen LogP contribution in [0.25, 0.3) is 0 Å². The predicted molar refractivity (Wildman–Crippen MR) is 75.4 cm³/mol. The second-order valence-corrected chi connectivity index (χ2v) is 5.84. The first-order chi connectivity index (χ1) is 8.91. The Morgan fingerprint density at radius 3 is 2.79 bits per heavy atom. The van der Waals surface area contributed by atoms with E-state index in [4.69, 9.17) is 17.3 Å². The Bertz CT molecular complexity index is 483. The number of nitrogens with two attached hydrogens (primary N) is 1. The lowest BCUT2D eigenvalue weighted by Gasteiger charge is -2.31. The highest BCUT2D eigenvalue weighted by atomic mass is 35.5. The third-order valence-electron chi connectivity index (χ3n) is 3.51. The van der Waals surface area contributed by atoms with Crippen LogP contribution < -0.4 is 5.73 Å². The predicted octanol–water partition coefficient (Wildman–Crippen LogP) is 1.76. The number of aromatic nitrogens is 2. The van der Waals surface area contributed by atoms with Crippen LogP contribution >= 0.6 is 11.6 Å². The van der Waals surface area contributed by atoms with Gasteiger partial charge in [-0.3, -0.25) is 9.48 Å². The molecule has 1 amide bonds. The molecule has 1 saturated heterocycles. The summed E-state index contributed by atoms with van der Waals surface area (Å²) in [7, 11) is 1.76. The summed E-state index contributed by atoms with van der Waals surface area (Å²) in [6.07, 6.45) is 1.92. The highest BCUT2D eigenvalue weighted by Crippen LogP contribution is 2.27. The van der Waals surface area contributed by atoms with Crippen LogP contribution in [0, 0.1) is 0 Å². The summed E-state index contributed by atoms with van der Waals surface area (Å²) >= 11 is 6.23. The first-order valence-corrected chi connectivity index (χ1v) is 7.06. The van der Waals surface area contributed by atoms with Crippen molar-refractivity contribution in [2.24, 2.45) is 12.8 Å². The Balaban J connectivity index is 2.32. The van der Waals surface area contributed by atoms with Gasteiger partial charge in [-0.2, -0.15) is 5.10 Å². The van der Waals surface area contributed by atoms with Gasteiger partial charge in [-0.1, -0.05) is 25.4 Å².